The topological polar surface area (TPSA) is 66.2 Å². The van der Waals surface area contributed by atoms with Gasteiger partial charge in [0.15, 0.2) is 5.82 Å². The number of Topliss-reactive ketones (excluding diaryl/α,β-unsaturated/α-hetero) is 1. The van der Waals surface area contributed by atoms with E-state index in [4.69, 9.17) is 9.47 Å². The maximum absolute atomic E-state index is 12.8. The van der Waals surface area contributed by atoms with E-state index in [-0.39, 0.29) is 5.78 Å². The van der Waals surface area contributed by atoms with Crippen LogP contribution in [0.4, 0.5) is 0 Å². The van der Waals surface area contributed by atoms with Crippen molar-refractivity contribution in [1.82, 2.24) is 14.8 Å². The van der Waals surface area contributed by atoms with E-state index in [2.05, 4.69) is 10.1 Å². The summed E-state index contributed by atoms with van der Waals surface area (Å²) in [4.78, 5) is 16.9. The molecule has 2 rings (SSSR count). The highest BCUT2D eigenvalue weighted by Gasteiger charge is 2.43. The summed E-state index contributed by atoms with van der Waals surface area (Å²) in [6.07, 6.45) is 3.51. The highest BCUT2D eigenvalue weighted by atomic mass is 16.5. The van der Waals surface area contributed by atoms with Gasteiger partial charge in [-0.2, -0.15) is 5.10 Å². The van der Waals surface area contributed by atoms with Gasteiger partial charge in [0.2, 0.25) is 5.78 Å². The molecule has 0 N–H and O–H groups in total. The first kappa shape index (κ1) is 14.1. The molecule has 0 saturated carbocycles. The van der Waals surface area contributed by atoms with Gasteiger partial charge in [-0.05, 0) is 13.3 Å². The Morgan fingerprint density at radius 1 is 1.47 bits per heavy atom. The largest absolute Gasteiger partial charge is 0.381 e. The first-order chi connectivity index (χ1) is 9.23. The average molecular weight is 267 g/mol. The fourth-order valence-corrected chi connectivity index (χ4v) is 2.43. The van der Waals surface area contributed by atoms with Gasteiger partial charge < -0.3 is 9.47 Å². The second-order valence-electron chi connectivity index (χ2n) is 4.68. The van der Waals surface area contributed by atoms with Crippen molar-refractivity contribution in [3.8, 4) is 0 Å². The quantitative estimate of drug-likeness (QED) is 0.730. The molecule has 0 aromatic carbocycles. The fourth-order valence-electron chi connectivity index (χ4n) is 2.43. The maximum atomic E-state index is 12.8. The standard InChI is InChI=1S/C13H21N3O3/c1-3-7-16-12(14-10-15-16)11(17)13(19-4-2)5-8-18-9-6-13/h10H,3-9H2,1-2H3. The number of aromatic nitrogens is 3. The molecule has 106 valence electrons. The molecule has 6 heteroatoms. The Balaban J connectivity index is 2.25. The Morgan fingerprint density at radius 3 is 2.84 bits per heavy atom. The average Bonchev–Trinajstić information content (AvgIpc) is 2.88. The lowest BCUT2D eigenvalue weighted by molar-refractivity contribution is -0.0828. The van der Waals surface area contributed by atoms with Crippen LogP contribution in [0.2, 0.25) is 0 Å². The van der Waals surface area contributed by atoms with Crippen LogP contribution in [-0.2, 0) is 16.0 Å². The van der Waals surface area contributed by atoms with Crippen molar-refractivity contribution in [1.29, 1.82) is 0 Å². The summed E-state index contributed by atoms with van der Waals surface area (Å²) in [5.41, 5.74) is -0.786. The van der Waals surface area contributed by atoms with Gasteiger partial charge in [0.1, 0.15) is 11.9 Å². The van der Waals surface area contributed by atoms with E-state index in [1.54, 1.807) is 4.68 Å². The second-order valence-corrected chi connectivity index (χ2v) is 4.68. The summed E-state index contributed by atoms with van der Waals surface area (Å²) >= 11 is 0. The van der Waals surface area contributed by atoms with E-state index >= 15 is 0 Å². The van der Waals surface area contributed by atoms with Crippen LogP contribution in [0.25, 0.3) is 0 Å². The highest BCUT2D eigenvalue weighted by Crippen LogP contribution is 2.28. The Kier molecular flexibility index (Phi) is 4.66. The summed E-state index contributed by atoms with van der Waals surface area (Å²) in [6, 6.07) is 0. The van der Waals surface area contributed by atoms with E-state index in [1.165, 1.54) is 6.33 Å². The Bertz CT molecular complexity index is 419. The number of hydrogen-bond acceptors (Lipinski definition) is 5. The van der Waals surface area contributed by atoms with Crippen molar-refractivity contribution in [3.63, 3.8) is 0 Å². The summed E-state index contributed by atoms with van der Waals surface area (Å²) in [6.45, 7) is 6.25. The number of ether oxygens (including phenoxy) is 2. The van der Waals surface area contributed by atoms with Crippen molar-refractivity contribution in [3.05, 3.63) is 12.2 Å². The van der Waals surface area contributed by atoms with Crippen molar-refractivity contribution < 1.29 is 14.3 Å². The molecule has 19 heavy (non-hydrogen) atoms. The van der Waals surface area contributed by atoms with Gasteiger partial charge >= 0.3 is 0 Å². The molecule has 1 aliphatic rings. The van der Waals surface area contributed by atoms with E-state index in [9.17, 15) is 4.79 Å². The summed E-state index contributed by atoms with van der Waals surface area (Å²) in [5, 5.41) is 4.11. The number of aryl methyl sites for hydroxylation is 1. The van der Waals surface area contributed by atoms with Gasteiger partial charge in [0, 0.05) is 39.2 Å². The molecule has 0 unspecified atom stereocenters. The molecular weight excluding hydrogens is 246 g/mol. The smallest absolute Gasteiger partial charge is 0.231 e. The van der Waals surface area contributed by atoms with E-state index in [1.807, 2.05) is 13.8 Å². The lowest BCUT2D eigenvalue weighted by Crippen LogP contribution is -2.47. The number of carbonyl (C=O) groups is 1. The first-order valence-corrected chi connectivity index (χ1v) is 6.88. The Morgan fingerprint density at radius 2 is 2.21 bits per heavy atom. The molecule has 0 atom stereocenters. The van der Waals surface area contributed by atoms with Crippen LogP contribution < -0.4 is 0 Å². The number of carbonyl (C=O) groups excluding carboxylic acids is 1. The predicted octanol–water partition coefficient (Wildman–Crippen LogP) is 1.46. The second kappa shape index (κ2) is 6.25. The third-order valence-corrected chi connectivity index (χ3v) is 3.39. The van der Waals surface area contributed by atoms with Crippen LogP contribution in [-0.4, -0.2) is 46.0 Å². The van der Waals surface area contributed by atoms with E-state index in [0.29, 0.717) is 45.0 Å². The zero-order chi connectivity index (χ0) is 13.7. The highest BCUT2D eigenvalue weighted by molar-refractivity contribution is 5.99. The maximum Gasteiger partial charge on any atom is 0.231 e. The zero-order valence-corrected chi connectivity index (χ0v) is 11.6. The number of nitrogens with zero attached hydrogens (tertiary/aromatic N) is 3. The molecule has 6 nitrogen and oxygen atoms in total. The third kappa shape index (κ3) is 2.84. The minimum absolute atomic E-state index is 0.0661. The molecule has 0 amide bonds. The minimum atomic E-state index is -0.786. The summed E-state index contributed by atoms with van der Waals surface area (Å²) in [7, 11) is 0. The molecule has 2 heterocycles. The third-order valence-electron chi connectivity index (χ3n) is 3.39. The van der Waals surface area contributed by atoms with Crippen molar-refractivity contribution in [2.24, 2.45) is 0 Å². The molecule has 0 aliphatic carbocycles. The molecule has 0 bridgehead atoms. The normalized spacial score (nSPS) is 18.4. The van der Waals surface area contributed by atoms with Gasteiger partial charge in [-0.25, -0.2) is 9.67 Å². The van der Waals surface area contributed by atoms with Crippen LogP contribution in [0.5, 0.6) is 0 Å². The molecule has 1 aromatic heterocycles. The van der Waals surface area contributed by atoms with Gasteiger partial charge in [0.05, 0.1) is 0 Å². The molecule has 1 fully saturated rings. The van der Waals surface area contributed by atoms with Gasteiger partial charge in [-0.15, -0.1) is 0 Å². The molecule has 0 radical (unpaired) electrons. The van der Waals surface area contributed by atoms with Crippen molar-refractivity contribution in [2.75, 3.05) is 19.8 Å². The van der Waals surface area contributed by atoms with E-state index < -0.39 is 5.60 Å². The fraction of sp³-hybridized carbons (Fsp3) is 0.769. The predicted molar refractivity (Wildman–Crippen MR) is 69.1 cm³/mol. The number of hydrogen-bond donors (Lipinski definition) is 0. The monoisotopic (exact) mass is 267 g/mol. The molecule has 1 aromatic rings. The molecular formula is C13H21N3O3. The van der Waals surface area contributed by atoms with E-state index in [0.717, 1.165) is 6.42 Å². The van der Waals surface area contributed by atoms with Crippen LogP contribution in [0.3, 0.4) is 0 Å². The van der Waals surface area contributed by atoms with Crippen LogP contribution >= 0.6 is 0 Å². The number of ketones is 1. The van der Waals surface area contributed by atoms with Gasteiger partial charge in [-0.1, -0.05) is 6.92 Å². The van der Waals surface area contributed by atoms with Gasteiger partial charge in [-0.3, -0.25) is 4.79 Å². The Hall–Kier alpha value is -1.27. The Labute approximate surface area is 113 Å². The lowest BCUT2D eigenvalue weighted by Gasteiger charge is -2.34. The first-order valence-electron chi connectivity index (χ1n) is 6.88. The van der Waals surface area contributed by atoms with Crippen molar-refractivity contribution >= 4 is 5.78 Å². The lowest BCUT2D eigenvalue weighted by atomic mass is 9.88. The molecule has 1 aliphatic heterocycles. The summed E-state index contributed by atoms with van der Waals surface area (Å²) in [5.74, 6) is 0.334. The molecule has 0 spiro atoms. The minimum Gasteiger partial charge on any atom is -0.381 e. The SMILES string of the molecule is CCCn1ncnc1C(=O)C1(OCC)CCOCC1. The van der Waals surface area contributed by atoms with Crippen molar-refractivity contribution in [2.45, 2.75) is 45.3 Å². The summed E-state index contributed by atoms with van der Waals surface area (Å²) < 4.78 is 12.8. The zero-order valence-electron chi connectivity index (χ0n) is 11.6. The van der Waals surface area contributed by atoms with Crippen LogP contribution in [0.15, 0.2) is 6.33 Å². The molecule has 1 saturated heterocycles. The van der Waals surface area contributed by atoms with Crippen LogP contribution in [0, 0.1) is 0 Å². The number of rotatable bonds is 6. The van der Waals surface area contributed by atoms with Crippen LogP contribution in [0.1, 0.15) is 43.7 Å². The van der Waals surface area contributed by atoms with Gasteiger partial charge in [0.25, 0.3) is 0 Å².